The number of hydrogen-bond donors (Lipinski definition) is 1. The van der Waals surface area contributed by atoms with Crippen LogP contribution in [-0.4, -0.2) is 31.1 Å². The summed E-state index contributed by atoms with van der Waals surface area (Å²) < 4.78 is 11.0. The van der Waals surface area contributed by atoms with E-state index in [0.717, 1.165) is 11.3 Å². The lowest BCUT2D eigenvalue weighted by Gasteiger charge is -2.10. The predicted molar refractivity (Wildman–Crippen MR) is 116 cm³/mol. The van der Waals surface area contributed by atoms with Crippen molar-refractivity contribution in [3.05, 3.63) is 59.7 Å². The minimum Gasteiger partial charge on any atom is -0.493 e. The fourth-order valence-corrected chi connectivity index (χ4v) is 5.53. The van der Waals surface area contributed by atoms with Crippen molar-refractivity contribution in [1.82, 2.24) is 0 Å². The second kappa shape index (κ2) is 10.1. The number of thioether (sulfide) groups is 2. The topological polar surface area (TPSA) is 71.3 Å². The molecule has 2 aromatic rings. The fraction of sp³-hybridized carbons (Fsp3) is 0.238. The zero-order chi connectivity index (χ0) is 19.8. The molecule has 0 spiro atoms. The van der Waals surface area contributed by atoms with Gasteiger partial charge in [-0.25, -0.2) is 0 Å². The van der Waals surface area contributed by atoms with Gasteiger partial charge in [-0.05, 0) is 41.5 Å². The van der Waals surface area contributed by atoms with E-state index in [9.17, 15) is 4.79 Å². The van der Waals surface area contributed by atoms with Crippen LogP contribution in [0, 0.1) is 11.3 Å². The number of benzene rings is 2. The molecule has 28 heavy (non-hydrogen) atoms. The monoisotopic (exact) mass is 412 g/mol. The molecule has 0 bridgehead atoms. The molecule has 1 amide bonds. The van der Waals surface area contributed by atoms with E-state index < -0.39 is 0 Å². The van der Waals surface area contributed by atoms with Crippen LogP contribution in [-0.2, 0) is 4.79 Å². The zero-order valence-corrected chi connectivity index (χ0v) is 17.0. The van der Waals surface area contributed by atoms with Crippen molar-refractivity contribution in [3.63, 3.8) is 0 Å². The maximum atomic E-state index is 12.3. The maximum Gasteiger partial charge on any atom is 0.248 e. The van der Waals surface area contributed by atoms with Crippen LogP contribution in [0.15, 0.2) is 48.5 Å². The molecular formula is C21H20N2O3S2. The lowest BCUT2D eigenvalue weighted by molar-refractivity contribution is -0.111. The van der Waals surface area contributed by atoms with Crippen molar-refractivity contribution >= 4 is 41.2 Å². The van der Waals surface area contributed by atoms with Crippen LogP contribution in [0.4, 0.5) is 5.69 Å². The van der Waals surface area contributed by atoms with Crippen LogP contribution in [0.1, 0.15) is 15.7 Å². The summed E-state index contributed by atoms with van der Waals surface area (Å²) in [5.41, 5.74) is 2.81. The van der Waals surface area contributed by atoms with Crippen LogP contribution in [0.2, 0.25) is 0 Å². The Morgan fingerprint density at radius 1 is 1.25 bits per heavy atom. The highest BCUT2D eigenvalue weighted by molar-refractivity contribution is 8.19. The molecule has 2 aromatic carbocycles. The van der Waals surface area contributed by atoms with E-state index in [0.29, 0.717) is 16.1 Å². The molecule has 144 valence electrons. The van der Waals surface area contributed by atoms with E-state index in [-0.39, 0.29) is 12.5 Å². The molecule has 0 unspecified atom stereocenters. The largest absolute Gasteiger partial charge is 0.493 e. The van der Waals surface area contributed by atoms with Crippen LogP contribution >= 0.6 is 23.5 Å². The summed E-state index contributed by atoms with van der Waals surface area (Å²) in [6, 6.07) is 15.2. The summed E-state index contributed by atoms with van der Waals surface area (Å²) in [6.07, 6.45) is 3.19. The summed E-state index contributed by atoms with van der Waals surface area (Å²) in [6.45, 7) is -0.0507. The predicted octanol–water partition coefficient (Wildman–Crippen LogP) is 4.73. The van der Waals surface area contributed by atoms with Gasteiger partial charge in [0.1, 0.15) is 6.07 Å². The summed E-state index contributed by atoms with van der Waals surface area (Å²) in [5, 5.41) is 11.5. The van der Waals surface area contributed by atoms with Gasteiger partial charge in [0.2, 0.25) is 5.91 Å². The number of nitrogens with zero attached hydrogens (tertiary/aromatic N) is 1. The molecule has 0 aromatic heterocycles. The summed E-state index contributed by atoms with van der Waals surface area (Å²) in [4.78, 5) is 12.3. The molecule has 5 nitrogen and oxygen atoms in total. The average Bonchev–Trinajstić information content (AvgIpc) is 3.26. The normalized spacial score (nSPS) is 14.0. The van der Waals surface area contributed by atoms with Crippen molar-refractivity contribution in [3.8, 4) is 17.6 Å². The van der Waals surface area contributed by atoms with E-state index in [1.54, 1.807) is 24.3 Å². The molecule has 0 radical (unpaired) electrons. The first-order chi connectivity index (χ1) is 13.7. The molecule has 1 fully saturated rings. The van der Waals surface area contributed by atoms with Gasteiger partial charge in [-0.2, -0.15) is 5.26 Å². The van der Waals surface area contributed by atoms with Gasteiger partial charge in [-0.15, -0.1) is 23.5 Å². The summed E-state index contributed by atoms with van der Waals surface area (Å²) in [5.74, 6) is 3.13. The Bertz CT molecular complexity index is 903. The first-order valence-corrected chi connectivity index (χ1v) is 10.8. The number of methoxy groups -OCH3 is 1. The Labute approximate surface area is 173 Å². The zero-order valence-electron chi connectivity index (χ0n) is 15.4. The molecular weight excluding hydrogens is 392 g/mol. The van der Waals surface area contributed by atoms with Crippen molar-refractivity contribution in [1.29, 1.82) is 5.26 Å². The van der Waals surface area contributed by atoms with Crippen LogP contribution in [0.5, 0.6) is 11.5 Å². The number of nitriles is 1. The minimum atomic E-state index is -0.201. The Kier molecular flexibility index (Phi) is 7.29. The van der Waals surface area contributed by atoms with E-state index in [2.05, 4.69) is 11.4 Å². The SMILES string of the molecule is COc1cc(/C=C/C(=O)Nc2cccc(C3SCCS3)c2)ccc1OCC#N. The van der Waals surface area contributed by atoms with E-state index >= 15 is 0 Å². The van der Waals surface area contributed by atoms with Crippen LogP contribution in [0.3, 0.4) is 0 Å². The van der Waals surface area contributed by atoms with Crippen molar-refractivity contribution in [2.75, 3.05) is 30.5 Å². The van der Waals surface area contributed by atoms with Crippen molar-refractivity contribution in [2.45, 2.75) is 4.58 Å². The maximum absolute atomic E-state index is 12.3. The highest BCUT2D eigenvalue weighted by atomic mass is 32.2. The number of anilines is 1. The van der Waals surface area contributed by atoms with Gasteiger partial charge in [0, 0.05) is 23.3 Å². The molecule has 1 aliphatic heterocycles. The molecule has 0 aliphatic carbocycles. The molecule has 1 heterocycles. The Balaban J connectivity index is 1.64. The Hall–Kier alpha value is -2.56. The molecule has 1 saturated heterocycles. The Morgan fingerprint density at radius 3 is 2.82 bits per heavy atom. The number of rotatable bonds is 7. The van der Waals surface area contributed by atoms with Crippen LogP contribution in [0.25, 0.3) is 6.08 Å². The van der Waals surface area contributed by atoms with Gasteiger partial charge in [0.05, 0.1) is 11.7 Å². The fourth-order valence-electron chi connectivity index (χ4n) is 2.69. The number of carbonyl (C=O) groups excluding carboxylic acids is 1. The number of carbonyl (C=O) groups is 1. The average molecular weight is 413 g/mol. The van der Waals surface area contributed by atoms with Gasteiger partial charge >= 0.3 is 0 Å². The number of amides is 1. The highest BCUT2D eigenvalue weighted by Crippen LogP contribution is 2.45. The number of nitrogens with one attached hydrogen (secondary N) is 1. The second-order valence-corrected chi connectivity index (χ2v) is 8.60. The first kappa shape index (κ1) is 20.2. The molecule has 0 saturated carbocycles. The van der Waals surface area contributed by atoms with Crippen LogP contribution < -0.4 is 14.8 Å². The van der Waals surface area contributed by atoms with E-state index in [1.807, 2.05) is 47.8 Å². The highest BCUT2D eigenvalue weighted by Gasteiger charge is 2.18. The molecule has 1 N–H and O–H groups in total. The molecule has 3 rings (SSSR count). The standard InChI is InChI=1S/C21H20N2O3S2/c1-25-19-13-15(5-7-18(19)26-10-9-22)6-8-20(24)23-17-4-2-3-16(14-17)21-27-11-12-28-21/h2-8,13-14,21H,10-12H2,1H3,(H,23,24)/b8-6+. The van der Waals surface area contributed by atoms with Gasteiger partial charge in [0.25, 0.3) is 0 Å². The lowest BCUT2D eigenvalue weighted by atomic mass is 10.2. The third-order valence-electron chi connectivity index (χ3n) is 3.96. The molecule has 0 atom stereocenters. The quantitative estimate of drug-likeness (QED) is 0.663. The Morgan fingerprint density at radius 2 is 2.07 bits per heavy atom. The van der Waals surface area contributed by atoms with Crippen molar-refractivity contribution in [2.24, 2.45) is 0 Å². The van der Waals surface area contributed by atoms with Gasteiger partial charge < -0.3 is 14.8 Å². The van der Waals surface area contributed by atoms with E-state index in [4.69, 9.17) is 14.7 Å². The van der Waals surface area contributed by atoms with Crippen molar-refractivity contribution < 1.29 is 14.3 Å². The smallest absolute Gasteiger partial charge is 0.248 e. The summed E-state index contributed by atoms with van der Waals surface area (Å²) >= 11 is 3.87. The third kappa shape index (κ3) is 5.47. The number of hydrogen-bond acceptors (Lipinski definition) is 6. The van der Waals surface area contributed by atoms with E-state index in [1.165, 1.54) is 30.3 Å². The molecule has 1 aliphatic rings. The van der Waals surface area contributed by atoms with Gasteiger partial charge in [-0.1, -0.05) is 18.2 Å². The van der Waals surface area contributed by atoms with Gasteiger partial charge in [-0.3, -0.25) is 4.79 Å². The lowest BCUT2D eigenvalue weighted by Crippen LogP contribution is -2.08. The van der Waals surface area contributed by atoms with Gasteiger partial charge in [0.15, 0.2) is 18.1 Å². The minimum absolute atomic E-state index is 0.0507. The number of ether oxygens (including phenoxy) is 2. The summed E-state index contributed by atoms with van der Waals surface area (Å²) in [7, 11) is 1.53. The second-order valence-electron chi connectivity index (χ2n) is 5.88. The third-order valence-corrected chi connectivity index (χ3v) is 7.06. The molecule has 7 heteroatoms. The first-order valence-electron chi connectivity index (χ1n) is 8.69.